The summed E-state index contributed by atoms with van der Waals surface area (Å²) in [5.41, 5.74) is 7.70. The lowest BCUT2D eigenvalue weighted by Crippen LogP contribution is -1.98. The van der Waals surface area contributed by atoms with Gasteiger partial charge in [-0.25, -0.2) is 0 Å². The minimum Gasteiger partial charge on any atom is -0.398 e. The molecular weight excluding hydrogens is 278 g/mol. The molecule has 0 bridgehead atoms. The first-order valence-corrected chi connectivity index (χ1v) is 7.15. The second-order valence-corrected chi connectivity index (χ2v) is 5.08. The first-order chi connectivity index (χ1) is 8.25. The van der Waals surface area contributed by atoms with Gasteiger partial charge < -0.3 is 10.5 Å². The molecule has 0 atom stereocenters. The van der Waals surface area contributed by atoms with Crippen LogP contribution in [-0.2, 0) is 11.3 Å². The van der Waals surface area contributed by atoms with Gasteiger partial charge in [-0.15, -0.1) is 0 Å². The minimum absolute atomic E-state index is 0.638. The van der Waals surface area contributed by atoms with Crippen LogP contribution in [0.25, 0.3) is 0 Å². The smallest absolute Gasteiger partial charge is 0.0728 e. The summed E-state index contributed by atoms with van der Waals surface area (Å²) in [7, 11) is 0. The minimum atomic E-state index is 0.638. The fraction of sp³-hybridized carbons (Fsp3) is 0.571. The number of nitrogen functional groups attached to an aromatic ring is 1. The molecule has 0 aliphatic rings. The third-order valence-electron chi connectivity index (χ3n) is 2.76. The van der Waals surface area contributed by atoms with Gasteiger partial charge in [0, 0.05) is 16.8 Å². The largest absolute Gasteiger partial charge is 0.398 e. The van der Waals surface area contributed by atoms with E-state index in [0.29, 0.717) is 6.61 Å². The summed E-state index contributed by atoms with van der Waals surface area (Å²) in [5, 5.41) is 0. The molecule has 0 aromatic heterocycles. The van der Waals surface area contributed by atoms with E-state index in [1.54, 1.807) is 0 Å². The zero-order chi connectivity index (χ0) is 12.5. The Morgan fingerprint density at radius 3 is 2.71 bits per heavy atom. The summed E-state index contributed by atoms with van der Waals surface area (Å²) in [4.78, 5) is 0. The molecular formula is C14H22BrNO. The number of hydrogen-bond donors (Lipinski definition) is 1. The van der Waals surface area contributed by atoms with Crippen molar-refractivity contribution in [3.8, 4) is 0 Å². The van der Waals surface area contributed by atoms with Gasteiger partial charge >= 0.3 is 0 Å². The number of ether oxygens (including phenoxy) is 1. The molecule has 2 nitrogen and oxygen atoms in total. The SMILES string of the molecule is CCCCCCCOCc1cccc(N)c1Br. The molecule has 0 fully saturated rings. The zero-order valence-corrected chi connectivity index (χ0v) is 12.1. The molecule has 0 aliphatic heterocycles. The third-order valence-corrected chi connectivity index (χ3v) is 3.73. The van der Waals surface area contributed by atoms with Crippen molar-refractivity contribution in [1.82, 2.24) is 0 Å². The Labute approximate surface area is 113 Å². The van der Waals surface area contributed by atoms with Crippen LogP contribution < -0.4 is 5.73 Å². The fourth-order valence-electron chi connectivity index (χ4n) is 1.70. The number of unbranched alkanes of at least 4 members (excludes halogenated alkanes) is 4. The van der Waals surface area contributed by atoms with Gasteiger partial charge in [0.1, 0.15) is 0 Å². The predicted octanol–water partition coefficient (Wildman–Crippen LogP) is 4.52. The van der Waals surface area contributed by atoms with E-state index >= 15 is 0 Å². The molecule has 0 heterocycles. The van der Waals surface area contributed by atoms with Gasteiger partial charge in [0.25, 0.3) is 0 Å². The lowest BCUT2D eigenvalue weighted by atomic mass is 10.2. The molecule has 1 aromatic rings. The number of halogens is 1. The molecule has 0 amide bonds. The molecule has 0 saturated heterocycles. The van der Waals surface area contributed by atoms with Gasteiger partial charge in [-0.3, -0.25) is 0 Å². The lowest BCUT2D eigenvalue weighted by Gasteiger charge is -2.08. The number of benzene rings is 1. The maximum atomic E-state index is 5.80. The van der Waals surface area contributed by atoms with Crippen LogP contribution in [0, 0.1) is 0 Å². The van der Waals surface area contributed by atoms with Gasteiger partial charge in [0.2, 0.25) is 0 Å². The third kappa shape index (κ3) is 5.55. The van der Waals surface area contributed by atoms with Crippen molar-refractivity contribution in [3.63, 3.8) is 0 Å². The Bertz CT molecular complexity index is 328. The molecule has 17 heavy (non-hydrogen) atoms. The van der Waals surface area contributed by atoms with Gasteiger partial charge in [0.05, 0.1) is 6.61 Å². The first kappa shape index (κ1) is 14.5. The van der Waals surface area contributed by atoms with Crippen LogP contribution in [0.5, 0.6) is 0 Å². The number of hydrogen-bond acceptors (Lipinski definition) is 2. The zero-order valence-electron chi connectivity index (χ0n) is 10.5. The Balaban J connectivity index is 2.16. The Morgan fingerprint density at radius 1 is 1.18 bits per heavy atom. The first-order valence-electron chi connectivity index (χ1n) is 6.36. The van der Waals surface area contributed by atoms with E-state index in [9.17, 15) is 0 Å². The molecule has 0 spiro atoms. The van der Waals surface area contributed by atoms with E-state index in [-0.39, 0.29) is 0 Å². The van der Waals surface area contributed by atoms with E-state index < -0.39 is 0 Å². The number of anilines is 1. The highest BCUT2D eigenvalue weighted by Crippen LogP contribution is 2.24. The van der Waals surface area contributed by atoms with Crippen molar-refractivity contribution < 1.29 is 4.74 Å². The summed E-state index contributed by atoms with van der Waals surface area (Å²) >= 11 is 3.48. The van der Waals surface area contributed by atoms with Crippen LogP contribution in [0.15, 0.2) is 22.7 Å². The van der Waals surface area contributed by atoms with Crippen molar-refractivity contribution in [2.45, 2.75) is 45.6 Å². The molecule has 0 aliphatic carbocycles. The van der Waals surface area contributed by atoms with Crippen LogP contribution in [0.2, 0.25) is 0 Å². The summed E-state index contributed by atoms with van der Waals surface area (Å²) in [6.45, 7) is 3.71. The summed E-state index contributed by atoms with van der Waals surface area (Å²) in [6, 6.07) is 5.88. The molecule has 0 saturated carbocycles. The normalized spacial score (nSPS) is 10.7. The van der Waals surface area contributed by atoms with Crippen LogP contribution in [0.3, 0.4) is 0 Å². The van der Waals surface area contributed by atoms with Crippen LogP contribution in [-0.4, -0.2) is 6.61 Å². The second kappa shape index (κ2) is 8.54. The number of nitrogens with two attached hydrogens (primary N) is 1. The monoisotopic (exact) mass is 299 g/mol. The van der Waals surface area contributed by atoms with Crippen LogP contribution in [0.4, 0.5) is 5.69 Å². The van der Waals surface area contributed by atoms with Crippen molar-refractivity contribution in [3.05, 3.63) is 28.2 Å². The maximum Gasteiger partial charge on any atom is 0.0728 e. The summed E-state index contributed by atoms with van der Waals surface area (Å²) in [6.07, 6.45) is 6.37. The van der Waals surface area contributed by atoms with E-state index in [1.807, 2.05) is 18.2 Å². The predicted molar refractivity (Wildman–Crippen MR) is 77.0 cm³/mol. The lowest BCUT2D eigenvalue weighted by molar-refractivity contribution is 0.116. The standard InChI is InChI=1S/C14H22BrNO/c1-2-3-4-5-6-10-17-11-12-8-7-9-13(16)14(12)15/h7-9H,2-6,10-11,16H2,1H3. The van der Waals surface area contributed by atoms with Gasteiger partial charge in [-0.05, 0) is 34.0 Å². The molecule has 0 unspecified atom stereocenters. The average molecular weight is 300 g/mol. The Kier molecular flexibility index (Phi) is 7.29. The number of rotatable bonds is 8. The van der Waals surface area contributed by atoms with E-state index in [4.69, 9.17) is 10.5 Å². The second-order valence-electron chi connectivity index (χ2n) is 4.29. The molecule has 0 radical (unpaired) electrons. The van der Waals surface area contributed by atoms with Gasteiger partial charge in [0.15, 0.2) is 0 Å². The Hall–Kier alpha value is -0.540. The van der Waals surface area contributed by atoms with Crippen molar-refractivity contribution in [1.29, 1.82) is 0 Å². The van der Waals surface area contributed by atoms with Crippen molar-refractivity contribution in [2.24, 2.45) is 0 Å². The van der Waals surface area contributed by atoms with Crippen LogP contribution >= 0.6 is 15.9 Å². The quantitative estimate of drug-likeness (QED) is 0.566. The van der Waals surface area contributed by atoms with Gasteiger partial charge in [-0.1, -0.05) is 44.7 Å². The Morgan fingerprint density at radius 2 is 1.94 bits per heavy atom. The maximum absolute atomic E-state index is 5.80. The van der Waals surface area contributed by atoms with E-state index in [0.717, 1.165) is 28.8 Å². The highest BCUT2D eigenvalue weighted by Gasteiger charge is 2.02. The molecule has 96 valence electrons. The van der Waals surface area contributed by atoms with Gasteiger partial charge in [-0.2, -0.15) is 0 Å². The van der Waals surface area contributed by atoms with E-state index in [1.165, 1.54) is 25.7 Å². The molecule has 1 rings (SSSR count). The molecule has 3 heteroatoms. The van der Waals surface area contributed by atoms with Crippen molar-refractivity contribution >= 4 is 21.6 Å². The van der Waals surface area contributed by atoms with Crippen molar-refractivity contribution in [2.75, 3.05) is 12.3 Å². The average Bonchev–Trinajstić information content (AvgIpc) is 2.33. The summed E-state index contributed by atoms with van der Waals surface area (Å²) < 4.78 is 6.61. The summed E-state index contributed by atoms with van der Waals surface area (Å²) in [5.74, 6) is 0. The topological polar surface area (TPSA) is 35.2 Å². The highest BCUT2D eigenvalue weighted by atomic mass is 79.9. The molecule has 1 aromatic carbocycles. The van der Waals surface area contributed by atoms with Crippen LogP contribution in [0.1, 0.15) is 44.6 Å². The fourth-order valence-corrected chi connectivity index (χ4v) is 2.08. The molecule has 2 N–H and O–H groups in total. The highest BCUT2D eigenvalue weighted by molar-refractivity contribution is 9.10. The van der Waals surface area contributed by atoms with E-state index in [2.05, 4.69) is 22.9 Å².